The van der Waals surface area contributed by atoms with Gasteiger partial charge in [-0.15, -0.1) is 0 Å². The number of allylic oxidation sites excluding steroid dienone is 1. The summed E-state index contributed by atoms with van der Waals surface area (Å²) in [6, 6.07) is 0. The maximum Gasteiger partial charge on any atom is -0.0294 e. The van der Waals surface area contributed by atoms with Crippen molar-refractivity contribution < 1.29 is 0 Å². The summed E-state index contributed by atoms with van der Waals surface area (Å²) < 4.78 is 0. The second kappa shape index (κ2) is 16.9. The van der Waals surface area contributed by atoms with Gasteiger partial charge in [0, 0.05) is 0 Å². The molecule has 0 spiro atoms. The van der Waals surface area contributed by atoms with Crippen LogP contribution in [0.4, 0.5) is 0 Å². The predicted molar refractivity (Wildman–Crippen MR) is 120 cm³/mol. The summed E-state index contributed by atoms with van der Waals surface area (Å²) in [5, 5.41) is 0. The van der Waals surface area contributed by atoms with E-state index in [9.17, 15) is 0 Å². The molecule has 0 aromatic heterocycles. The number of unbranched alkanes of at least 4 members (excludes halogenated alkanes) is 12. The van der Waals surface area contributed by atoms with Crippen molar-refractivity contribution in [3.63, 3.8) is 0 Å². The van der Waals surface area contributed by atoms with Crippen LogP contribution in [-0.2, 0) is 0 Å². The molecule has 0 N–H and O–H groups in total. The maximum atomic E-state index is 4.38. The van der Waals surface area contributed by atoms with E-state index in [-0.39, 0.29) is 0 Å². The fourth-order valence-electron chi connectivity index (χ4n) is 4.82. The quantitative estimate of drug-likeness (QED) is 0.178. The van der Waals surface area contributed by atoms with Gasteiger partial charge in [0.25, 0.3) is 0 Å². The van der Waals surface area contributed by atoms with Gasteiger partial charge >= 0.3 is 0 Å². The number of hydrogen-bond donors (Lipinski definition) is 0. The molecule has 1 fully saturated rings. The molecule has 0 aromatic rings. The number of rotatable bonds is 17. The molecular formula is C26H50. The molecule has 0 heterocycles. The zero-order chi connectivity index (χ0) is 18.9. The standard InChI is InChI=1S/C26H50/c1-4-5-6-7-8-9-10-11-12-13-14-15-17-20-24(2)23-25(3)26-21-18-16-19-22-26/h25-26H,2,4-23H2,1,3H3. The predicted octanol–water partition coefficient (Wildman–Crippen LogP) is 9.63. The highest BCUT2D eigenvalue weighted by atomic mass is 14.3. The van der Waals surface area contributed by atoms with Crippen LogP contribution in [0.15, 0.2) is 12.2 Å². The molecule has 1 rings (SSSR count). The van der Waals surface area contributed by atoms with Crippen molar-refractivity contribution in [1.82, 2.24) is 0 Å². The van der Waals surface area contributed by atoms with Gasteiger partial charge in [-0.1, -0.05) is 135 Å². The Morgan fingerprint density at radius 3 is 1.69 bits per heavy atom. The van der Waals surface area contributed by atoms with Crippen LogP contribution in [0, 0.1) is 11.8 Å². The first-order valence-corrected chi connectivity index (χ1v) is 12.4. The van der Waals surface area contributed by atoms with E-state index < -0.39 is 0 Å². The Morgan fingerprint density at radius 2 is 1.19 bits per heavy atom. The smallest absolute Gasteiger partial charge is 0.0294 e. The van der Waals surface area contributed by atoms with E-state index in [1.165, 1.54) is 134 Å². The van der Waals surface area contributed by atoms with E-state index in [0.29, 0.717) is 0 Å². The lowest BCUT2D eigenvalue weighted by molar-refractivity contribution is 0.261. The average Bonchev–Trinajstić information content (AvgIpc) is 2.66. The van der Waals surface area contributed by atoms with Crippen molar-refractivity contribution in [2.75, 3.05) is 0 Å². The molecule has 1 aliphatic rings. The Morgan fingerprint density at radius 1 is 0.731 bits per heavy atom. The topological polar surface area (TPSA) is 0 Å². The summed E-state index contributed by atoms with van der Waals surface area (Å²) >= 11 is 0. The number of hydrogen-bond acceptors (Lipinski definition) is 0. The fourth-order valence-corrected chi connectivity index (χ4v) is 4.82. The van der Waals surface area contributed by atoms with Crippen molar-refractivity contribution >= 4 is 0 Å². The van der Waals surface area contributed by atoms with Crippen LogP contribution in [0.25, 0.3) is 0 Å². The maximum absolute atomic E-state index is 4.38. The highest BCUT2D eigenvalue weighted by Crippen LogP contribution is 2.33. The van der Waals surface area contributed by atoms with E-state index >= 15 is 0 Å². The summed E-state index contributed by atoms with van der Waals surface area (Å²) in [6.45, 7) is 9.16. The van der Waals surface area contributed by atoms with Gasteiger partial charge < -0.3 is 0 Å². The molecule has 0 nitrogen and oxygen atoms in total. The van der Waals surface area contributed by atoms with Crippen molar-refractivity contribution in [1.29, 1.82) is 0 Å². The molecule has 1 saturated carbocycles. The highest BCUT2D eigenvalue weighted by molar-refractivity contribution is 4.96. The third-order valence-electron chi connectivity index (χ3n) is 6.70. The largest absolute Gasteiger partial charge is 0.0999 e. The summed E-state index contributed by atoms with van der Waals surface area (Å²) in [5.74, 6) is 1.87. The summed E-state index contributed by atoms with van der Waals surface area (Å²) in [6.07, 6.45) is 28.8. The average molecular weight is 363 g/mol. The molecule has 0 saturated heterocycles. The third kappa shape index (κ3) is 13.0. The Labute approximate surface area is 166 Å². The fraction of sp³-hybridized carbons (Fsp3) is 0.923. The molecule has 0 radical (unpaired) electrons. The summed E-state index contributed by atoms with van der Waals surface area (Å²) in [5.41, 5.74) is 1.53. The van der Waals surface area contributed by atoms with Crippen molar-refractivity contribution in [2.45, 2.75) is 142 Å². The molecule has 1 unspecified atom stereocenters. The van der Waals surface area contributed by atoms with Gasteiger partial charge in [-0.2, -0.15) is 0 Å². The van der Waals surface area contributed by atoms with Crippen LogP contribution in [-0.4, -0.2) is 0 Å². The second-order valence-corrected chi connectivity index (χ2v) is 9.32. The van der Waals surface area contributed by atoms with Crippen LogP contribution in [0.5, 0.6) is 0 Å². The van der Waals surface area contributed by atoms with E-state index in [1.54, 1.807) is 0 Å². The van der Waals surface area contributed by atoms with Crippen LogP contribution in [0.2, 0.25) is 0 Å². The van der Waals surface area contributed by atoms with Crippen molar-refractivity contribution in [3.05, 3.63) is 12.2 Å². The lowest BCUT2D eigenvalue weighted by Gasteiger charge is -2.28. The SMILES string of the molecule is C=C(CCCCCCCCCCCCCCC)CC(C)C1CCCCC1. The zero-order valence-electron chi connectivity index (χ0n) is 18.5. The molecule has 154 valence electrons. The van der Waals surface area contributed by atoms with E-state index in [2.05, 4.69) is 20.4 Å². The monoisotopic (exact) mass is 362 g/mol. The second-order valence-electron chi connectivity index (χ2n) is 9.32. The lowest BCUT2D eigenvalue weighted by atomic mass is 9.78. The molecule has 0 aromatic carbocycles. The highest BCUT2D eigenvalue weighted by Gasteiger charge is 2.20. The minimum Gasteiger partial charge on any atom is -0.0999 e. The van der Waals surface area contributed by atoms with E-state index in [1.807, 2.05) is 0 Å². The molecule has 0 bridgehead atoms. The van der Waals surface area contributed by atoms with Gasteiger partial charge in [0.1, 0.15) is 0 Å². The first kappa shape index (κ1) is 23.8. The molecule has 0 aliphatic heterocycles. The Hall–Kier alpha value is -0.260. The Balaban J connectivity index is 1.82. The van der Waals surface area contributed by atoms with E-state index in [0.717, 1.165) is 11.8 Å². The Bertz CT molecular complexity index is 310. The minimum absolute atomic E-state index is 0.879. The van der Waals surface area contributed by atoms with E-state index in [4.69, 9.17) is 0 Å². The van der Waals surface area contributed by atoms with Crippen LogP contribution in [0.3, 0.4) is 0 Å². The van der Waals surface area contributed by atoms with Crippen LogP contribution in [0.1, 0.15) is 142 Å². The summed E-state index contributed by atoms with van der Waals surface area (Å²) in [4.78, 5) is 0. The van der Waals surface area contributed by atoms with Crippen LogP contribution >= 0.6 is 0 Å². The van der Waals surface area contributed by atoms with Gasteiger partial charge in [0.2, 0.25) is 0 Å². The lowest BCUT2D eigenvalue weighted by Crippen LogP contribution is -2.15. The Kier molecular flexibility index (Phi) is 15.4. The van der Waals surface area contributed by atoms with Gasteiger partial charge in [-0.3, -0.25) is 0 Å². The minimum atomic E-state index is 0.879. The van der Waals surface area contributed by atoms with Gasteiger partial charge in [-0.25, -0.2) is 0 Å². The van der Waals surface area contributed by atoms with Crippen molar-refractivity contribution in [2.24, 2.45) is 11.8 Å². The molecular weight excluding hydrogens is 312 g/mol. The normalized spacial score (nSPS) is 16.7. The first-order valence-electron chi connectivity index (χ1n) is 12.4. The third-order valence-corrected chi connectivity index (χ3v) is 6.70. The van der Waals surface area contributed by atoms with Gasteiger partial charge in [0.15, 0.2) is 0 Å². The van der Waals surface area contributed by atoms with Crippen molar-refractivity contribution in [3.8, 4) is 0 Å². The molecule has 1 atom stereocenters. The van der Waals surface area contributed by atoms with Gasteiger partial charge in [-0.05, 0) is 31.1 Å². The molecule has 26 heavy (non-hydrogen) atoms. The van der Waals surface area contributed by atoms with Gasteiger partial charge in [0.05, 0.1) is 0 Å². The zero-order valence-corrected chi connectivity index (χ0v) is 18.5. The summed E-state index contributed by atoms with van der Waals surface area (Å²) in [7, 11) is 0. The van der Waals surface area contributed by atoms with Crippen LogP contribution < -0.4 is 0 Å². The molecule has 0 amide bonds. The molecule has 0 heteroatoms. The molecule has 1 aliphatic carbocycles. The first-order chi connectivity index (χ1) is 12.7.